The number of rotatable bonds is 4. The number of carbonyl (C=O) groups excluding carboxylic acids is 2. The Kier molecular flexibility index (Phi) is 5.57. The van der Waals surface area contributed by atoms with E-state index in [-0.39, 0.29) is 17.2 Å². The number of benzene rings is 1. The number of halogens is 2. The summed E-state index contributed by atoms with van der Waals surface area (Å²) >= 11 is 12.2. The van der Waals surface area contributed by atoms with Gasteiger partial charge in [0, 0.05) is 23.6 Å². The summed E-state index contributed by atoms with van der Waals surface area (Å²) in [5, 5.41) is 3.94. The Morgan fingerprint density at radius 2 is 1.76 bits per heavy atom. The van der Waals surface area contributed by atoms with Crippen molar-refractivity contribution >= 4 is 40.8 Å². The van der Waals surface area contributed by atoms with Gasteiger partial charge in [0.2, 0.25) is 5.91 Å². The highest BCUT2D eigenvalue weighted by atomic mass is 35.5. The van der Waals surface area contributed by atoms with Crippen molar-refractivity contribution in [2.24, 2.45) is 23.2 Å². The highest BCUT2D eigenvalue weighted by Crippen LogP contribution is 2.61. The molecule has 2 heterocycles. The molecule has 0 saturated heterocycles. The smallest absolute Gasteiger partial charge is 0.255 e. The molecule has 8 heteroatoms. The van der Waals surface area contributed by atoms with Crippen LogP contribution in [0.15, 0.2) is 24.5 Å². The van der Waals surface area contributed by atoms with E-state index in [1.165, 1.54) is 44.9 Å². The lowest BCUT2D eigenvalue weighted by atomic mass is 9.49. The molecule has 0 atom stereocenters. The number of hydrogen-bond acceptors (Lipinski definition) is 4. The molecule has 0 spiro atoms. The second-order valence-electron chi connectivity index (χ2n) is 10.9. The molecule has 6 nitrogen and oxygen atoms in total. The Balaban J connectivity index is 1.15. The molecule has 1 aromatic heterocycles. The molecule has 0 unspecified atom stereocenters. The topological polar surface area (TPSA) is 75.2 Å². The summed E-state index contributed by atoms with van der Waals surface area (Å²) in [7, 11) is 0. The van der Waals surface area contributed by atoms with Gasteiger partial charge in [0.05, 0.1) is 22.8 Å². The SMILES string of the molecule is O=C(CC12CC3CC(CC(C3)C1)C2)Nc1ncnc2c1CCN(C(=O)c1ccc(Cl)cc1Cl)C2. The number of nitrogens with zero attached hydrogens (tertiary/aromatic N) is 3. The Morgan fingerprint density at radius 3 is 2.44 bits per heavy atom. The minimum absolute atomic E-state index is 0.0642. The summed E-state index contributed by atoms with van der Waals surface area (Å²) in [6.45, 7) is 0.865. The van der Waals surface area contributed by atoms with Crippen LogP contribution in [0.3, 0.4) is 0 Å². The lowest BCUT2D eigenvalue weighted by Crippen LogP contribution is -2.47. The number of aromatic nitrogens is 2. The molecule has 4 bridgehead atoms. The lowest BCUT2D eigenvalue weighted by molar-refractivity contribution is -0.124. The van der Waals surface area contributed by atoms with Crippen molar-refractivity contribution in [3.05, 3.63) is 51.4 Å². The van der Waals surface area contributed by atoms with Crippen molar-refractivity contribution in [3.8, 4) is 0 Å². The van der Waals surface area contributed by atoms with Crippen LogP contribution in [0.4, 0.5) is 5.82 Å². The molecule has 34 heavy (non-hydrogen) atoms. The van der Waals surface area contributed by atoms with Crippen molar-refractivity contribution in [2.45, 2.75) is 57.9 Å². The van der Waals surface area contributed by atoms with E-state index >= 15 is 0 Å². The molecule has 4 fully saturated rings. The van der Waals surface area contributed by atoms with E-state index in [0.29, 0.717) is 47.4 Å². The maximum Gasteiger partial charge on any atom is 0.255 e. The monoisotopic (exact) mass is 498 g/mol. The first kappa shape index (κ1) is 22.3. The molecule has 4 saturated carbocycles. The molecule has 2 aromatic rings. The van der Waals surface area contributed by atoms with Gasteiger partial charge in [-0.1, -0.05) is 23.2 Å². The first-order chi connectivity index (χ1) is 16.4. The van der Waals surface area contributed by atoms with Gasteiger partial charge in [-0.15, -0.1) is 0 Å². The van der Waals surface area contributed by atoms with E-state index in [9.17, 15) is 9.59 Å². The summed E-state index contributed by atoms with van der Waals surface area (Å²) in [6, 6.07) is 4.89. The van der Waals surface area contributed by atoms with Crippen LogP contribution < -0.4 is 5.32 Å². The van der Waals surface area contributed by atoms with Gasteiger partial charge in [-0.2, -0.15) is 0 Å². The van der Waals surface area contributed by atoms with Gasteiger partial charge in [-0.3, -0.25) is 9.59 Å². The standard InChI is InChI=1S/C26H28Cl2N4O2/c27-18-1-2-19(21(28)8-18)25(34)32-4-3-20-22(13-32)29-14-30-24(20)31-23(33)12-26-9-15-5-16(10-26)7-17(6-15)11-26/h1-2,8,14-17H,3-7,9-13H2,(H,29,30,31,33). The van der Waals surface area contributed by atoms with Gasteiger partial charge in [-0.25, -0.2) is 9.97 Å². The van der Waals surface area contributed by atoms with Gasteiger partial charge in [-0.05, 0) is 86.3 Å². The molecule has 1 aliphatic heterocycles. The Morgan fingerprint density at radius 1 is 1.06 bits per heavy atom. The average molecular weight is 499 g/mol. The average Bonchev–Trinajstić information content (AvgIpc) is 2.77. The van der Waals surface area contributed by atoms with E-state index in [1.54, 1.807) is 23.1 Å². The lowest BCUT2D eigenvalue weighted by Gasteiger charge is -2.56. The predicted octanol–water partition coefficient (Wildman–Crippen LogP) is 5.53. The second kappa shape index (κ2) is 8.49. The van der Waals surface area contributed by atoms with Crippen molar-refractivity contribution < 1.29 is 9.59 Å². The van der Waals surface area contributed by atoms with Crippen LogP contribution in [0.1, 0.15) is 66.6 Å². The van der Waals surface area contributed by atoms with Crippen LogP contribution in [0.5, 0.6) is 0 Å². The van der Waals surface area contributed by atoms with Crippen molar-refractivity contribution in [3.63, 3.8) is 0 Å². The zero-order valence-corrected chi connectivity index (χ0v) is 20.5. The normalized spacial score (nSPS) is 29.1. The van der Waals surface area contributed by atoms with E-state index in [0.717, 1.165) is 29.0 Å². The minimum atomic E-state index is -0.154. The molecular formula is C26H28Cl2N4O2. The summed E-state index contributed by atoms with van der Waals surface area (Å²) in [4.78, 5) is 36.7. The zero-order valence-electron chi connectivity index (χ0n) is 19.0. The fourth-order valence-electron chi connectivity index (χ4n) is 7.49. The molecule has 0 radical (unpaired) electrons. The maximum atomic E-state index is 13.1. The van der Waals surface area contributed by atoms with Gasteiger partial charge >= 0.3 is 0 Å². The van der Waals surface area contributed by atoms with Gasteiger partial charge < -0.3 is 10.2 Å². The fraction of sp³-hybridized carbons (Fsp3) is 0.538. The largest absolute Gasteiger partial charge is 0.332 e. The third kappa shape index (κ3) is 4.09. The predicted molar refractivity (Wildman–Crippen MR) is 131 cm³/mol. The maximum absolute atomic E-state index is 13.1. The van der Waals surface area contributed by atoms with Crippen LogP contribution in [0.25, 0.3) is 0 Å². The van der Waals surface area contributed by atoms with E-state index < -0.39 is 0 Å². The van der Waals surface area contributed by atoms with E-state index in [1.807, 2.05) is 0 Å². The molecular weight excluding hydrogens is 471 g/mol. The third-order valence-electron chi connectivity index (χ3n) is 8.41. The van der Waals surface area contributed by atoms with Crippen LogP contribution in [0.2, 0.25) is 10.0 Å². The molecule has 7 rings (SSSR count). The van der Waals surface area contributed by atoms with E-state index in [2.05, 4.69) is 15.3 Å². The van der Waals surface area contributed by atoms with Crippen molar-refractivity contribution in [2.75, 3.05) is 11.9 Å². The quantitative estimate of drug-likeness (QED) is 0.601. The van der Waals surface area contributed by atoms with Crippen molar-refractivity contribution in [1.29, 1.82) is 0 Å². The number of amides is 2. The molecule has 5 aliphatic rings. The second-order valence-corrected chi connectivity index (χ2v) is 11.7. The first-order valence-electron chi connectivity index (χ1n) is 12.2. The molecule has 1 aromatic carbocycles. The van der Waals surface area contributed by atoms with Gasteiger partial charge in [0.1, 0.15) is 12.1 Å². The summed E-state index contributed by atoms with van der Waals surface area (Å²) in [6.07, 6.45) is 10.4. The summed E-state index contributed by atoms with van der Waals surface area (Å²) < 4.78 is 0. The van der Waals surface area contributed by atoms with Crippen molar-refractivity contribution in [1.82, 2.24) is 14.9 Å². The van der Waals surface area contributed by atoms with Crippen LogP contribution >= 0.6 is 23.2 Å². The fourth-order valence-corrected chi connectivity index (χ4v) is 7.98. The van der Waals surface area contributed by atoms with E-state index in [4.69, 9.17) is 23.2 Å². The summed E-state index contributed by atoms with van der Waals surface area (Å²) in [5.41, 5.74) is 2.30. The van der Waals surface area contributed by atoms with Gasteiger partial charge in [0.15, 0.2) is 0 Å². The number of hydrogen-bond donors (Lipinski definition) is 1. The highest BCUT2D eigenvalue weighted by Gasteiger charge is 2.51. The molecule has 1 N–H and O–H groups in total. The number of anilines is 1. The minimum Gasteiger partial charge on any atom is -0.332 e. The third-order valence-corrected chi connectivity index (χ3v) is 8.96. The first-order valence-corrected chi connectivity index (χ1v) is 13.0. The Hall–Kier alpha value is -2.18. The number of carbonyl (C=O) groups is 2. The van der Waals surface area contributed by atoms with Gasteiger partial charge in [0.25, 0.3) is 5.91 Å². The number of fused-ring (bicyclic) bond motifs is 1. The summed E-state index contributed by atoms with van der Waals surface area (Å²) in [5.74, 6) is 2.97. The highest BCUT2D eigenvalue weighted by molar-refractivity contribution is 6.36. The van der Waals surface area contributed by atoms with Crippen LogP contribution in [-0.2, 0) is 17.8 Å². The van der Waals surface area contributed by atoms with Crippen LogP contribution in [0, 0.1) is 23.2 Å². The molecule has 4 aliphatic carbocycles. The van der Waals surface area contributed by atoms with Crippen LogP contribution in [-0.4, -0.2) is 33.2 Å². The molecule has 2 amide bonds. The molecule has 178 valence electrons. The zero-order chi connectivity index (χ0) is 23.4. The number of nitrogens with one attached hydrogen (secondary N) is 1. The Bertz CT molecular complexity index is 1130. The Labute approximate surface area is 209 Å².